The summed E-state index contributed by atoms with van der Waals surface area (Å²) < 4.78 is 0. The van der Waals surface area contributed by atoms with Crippen molar-refractivity contribution in [1.82, 2.24) is 0 Å². The van der Waals surface area contributed by atoms with E-state index in [-0.39, 0.29) is 0 Å². The first kappa shape index (κ1) is 11.4. The predicted octanol–water partition coefficient (Wildman–Crippen LogP) is 4.11. The molecular weight excluding hydrogens is 220 g/mol. The SMILES string of the molecule is C[C@@H]1CCC(=Cc2ccc(Cl)cc2)C(=O)C1. The molecule has 0 spiro atoms. The Hall–Kier alpha value is -1.08. The van der Waals surface area contributed by atoms with E-state index < -0.39 is 0 Å². The van der Waals surface area contributed by atoms with Gasteiger partial charge in [-0.15, -0.1) is 0 Å². The van der Waals surface area contributed by atoms with Crippen molar-refractivity contribution in [2.24, 2.45) is 5.92 Å². The van der Waals surface area contributed by atoms with Crippen molar-refractivity contribution in [2.75, 3.05) is 0 Å². The van der Waals surface area contributed by atoms with Crippen LogP contribution in [0.1, 0.15) is 31.7 Å². The van der Waals surface area contributed by atoms with Crippen LogP contribution in [-0.4, -0.2) is 5.78 Å². The number of allylic oxidation sites excluding steroid dienone is 1. The van der Waals surface area contributed by atoms with Gasteiger partial charge in [-0.2, -0.15) is 0 Å². The molecule has 0 unspecified atom stereocenters. The van der Waals surface area contributed by atoms with Crippen LogP contribution in [0.15, 0.2) is 29.8 Å². The molecule has 1 aromatic rings. The molecule has 0 bridgehead atoms. The van der Waals surface area contributed by atoms with Crippen molar-refractivity contribution in [3.8, 4) is 0 Å². The maximum atomic E-state index is 11.8. The topological polar surface area (TPSA) is 17.1 Å². The minimum Gasteiger partial charge on any atom is -0.295 e. The third-order valence-corrected chi connectivity index (χ3v) is 3.26. The van der Waals surface area contributed by atoms with Crippen LogP contribution in [-0.2, 0) is 4.79 Å². The van der Waals surface area contributed by atoms with E-state index in [2.05, 4.69) is 6.92 Å². The molecule has 2 rings (SSSR count). The highest BCUT2D eigenvalue weighted by Crippen LogP contribution is 2.26. The van der Waals surface area contributed by atoms with E-state index in [0.717, 1.165) is 29.0 Å². The monoisotopic (exact) mass is 234 g/mol. The van der Waals surface area contributed by atoms with Gasteiger partial charge in [0.25, 0.3) is 0 Å². The number of hydrogen-bond acceptors (Lipinski definition) is 1. The number of benzene rings is 1. The highest BCUT2D eigenvalue weighted by Gasteiger charge is 2.20. The summed E-state index contributed by atoms with van der Waals surface area (Å²) in [4.78, 5) is 11.8. The molecule has 0 aromatic heterocycles. The lowest BCUT2D eigenvalue weighted by Gasteiger charge is -2.18. The van der Waals surface area contributed by atoms with Crippen LogP contribution in [0.5, 0.6) is 0 Å². The summed E-state index contributed by atoms with van der Waals surface area (Å²) in [6.45, 7) is 2.14. The third-order valence-electron chi connectivity index (χ3n) is 3.01. The van der Waals surface area contributed by atoms with E-state index in [1.807, 2.05) is 30.3 Å². The molecule has 0 radical (unpaired) electrons. The Balaban J connectivity index is 2.18. The molecule has 1 aliphatic carbocycles. The molecule has 0 heterocycles. The first-order chi connectivity index (χ1) is 7.65. The zero-order chi connectivity index (χ0) is 11.5. The van der Waals surface area contributed by atoms with Crippen molar-refractivity contribution in [1.29, 1.82) is 0 Å². The molecule has 1 aromatic carbocycles. The van der Waals surface area contributed by atoms with Crippen molar-refractivity contribution >= 4 is 23.5 Å². The van der Waals surface area contributed by atoms with Gasteiger partial charge >= 0.3 is 0 Å². The van der Waals surface area contributed by atoms with Gasteiger partial charge in [0, 0.05) is 11.4 Å². The van der Waals surface area contributed by atoms with Gasteiger partial charge in [-0.3, -0.25) is 4.79 Å². The van der Waals surface area contributed by atoms with E-state index in [1.54, 1.807) is 0 Å². The Morgan fingerprint density at radius 1 is 1.31 bits per heavy atom. The van der Waals surface area contributed by atoms with Crippen LogP contribution in [0, 0.1) is 5.92 Å². The third kappa shape index (κ3) is 2.73. The molecule has 1 fully saturated rings. The lowest BCUT2D eigenvalue weighted by Crippen LogP contribution is -2.15. The smallest absolute Gasteiger partial charge is 0.159 e. The largest absolute Gasteiger partial charge is 0.295 e. The number of ketones is 1. The molecule has 0 N–H and O–H groups in total. The molecular formula is C14H15ClO. The summed E-state index contributed by atoms with van der Waals surface area (Å²) in [6, 6.07) is 7.59. The fourth-order valence-corrected chi connectivity index (χ4v) is 2.13. The highest BCUT2D eigenvalue weighted by molar-refractivity contribution is 6.30. The van der Waals surface area contributed by atoms with E-state index in [9.17, 15) is 4.79 Å². The Morgan fingerprint density at radius 2 is 2.00 bits per heavy atom. The molecule has 0 aliphatic heterocycles. The highest BCUT2D eigenvalue weighted by atomic mass is 35.5. The van der Waals surface area contributed by atoms with Crippen molar-refractivity contribution in [3.63, 3.8) is 0 Å². The molecule has 1 atom stereocenters. The first-order valence-electron chi connectivity index (χ1n) is 5.64. The van der Waals surface area contributed by atoms with Crippen LogP contribution in [0.25, 0.3) is 6.08 Å². The summed E-state index contributed by atoms with van der Waals surface area (Å²) in [6.07, 6.45) is 4.71. The minimum atomic E-state index is 0.300. The number of halogens is 1. The predicted molar refractivity (Wildman–Crippen MR) is 67.5 cm³/mol. The van der Waals surface area contributed by atoms with Crippen molar-refractivity contribution in [3.05, 3.63) is 40.4 Å². The van der Waals surface area contributed by atoms with Crippen molar-refractivity contribution < 1.29 is 4.79 Å². The van der Waals surface area contributed by atoms with E-state index in [0.29, 0.717) is 18.1 Å². The second kappa shape index (κ2) is 4.84. The second-order valence-electron chi connectivity index (χ2n) is 4.49. The van der Waals surface area contributed by atoms with Gasteiger partial charge in [0.05, 0.1) is 0 Å². The fourth-order valence-electron chi connectivity index (χ4n) is 2.00. The van der Waals surface area contributed by atoms with Crippen LogP contribution >= 0.6 is 11.6 Å². The number of Topliss-reactive ketones (excluding diaryl/α,β-unsaturated/α-hetero) is 1. The fraction of sp³-hybridized carbons (Fsp3) is 0.357. The Bertz CT molecular complexity index is 417. The average molecular weight is 235 g/mol. The molecule has 1 nitrogen and oxygen atoms in total. The summed E-state index contributed by atoms with van der Waals surface area (Å²) in [5, 5.41) is 0.728. The van der Waals surface area contributed by atoms with E-state index in [1.165, 1.54) is 0 Å². The standard InChI is InChI=1S/C14H15ClO/c1-10-2-5-12(14(16)8-10)9-11-3-6-13(15)7-4-11/h3-4,6-7,9-10H,2,5,8H2,1H3/t10-/m1/s1. The molecule has 0 amide bonds. The summed E-state index contributed by atoms with van der Waals surface area (Å²) in [7, 11) is 0. The van der Waals surface area contributed by atoms with Crippen LogP contribution in [0.2, 0.25) is 5.02 Å². The maximum absolute atomic E-state index is 11.8. The Labute approximate surface area is 101 Å². The number of carbonyl (C=O) groups is 1. The van der Waals surface area contributed by atoms with Crippen LogP contribution in [0.4, 0.5) is 0 Å². The summed E-state index contributed by atoms with van der Waals surface area (Å²) in [5.41, 5.74) is 2.02. The maximum Gasteiger partial charge on any atom is 0.159 e. The number of rotatable bonds is 1. The zero-order valence-corrected chi connectivity index (χ0v) is 10.1. The Kier molecular flexibility index (Phi) is 3.45. The molecule has 1 aliphatic rings. The quantitative estimate of drug-likeness (QED) is 0.669. The van der Waals surface area contributed by atoms with Crippen LogP contribution in [0.3, 0.4) is 0 Å². The molecule has 0 saturated heterocycles. The second-order valence-corrected chi connectivity index (χ2v) is 4.93. The Morgan fingerprint density at radius 3 is 2.62 bits per heavy atom. The minimum absolute atomic E-state index is 0.300. The van der Waals surface area contributed by atoms with Gasteiger partial charge in [-0.1, -0.05) is 30.7 Å². The van der Waals surface area contributed by atoms with Crippen LogP contribution < -0.4 is 0 Å². The van der Waals surface area contributed by atoms with Gasteiger partial charge in [0.15, 0.2) is 5.78 Å². The lowest BCUT2D eigenvalue weighted by molar-refractivity contribution is -0.117. The lowest BCUT2D eigenvalue weighted by atomic mass is 9.85. The zero-order valence-electron chi connectivity index (χ0n) is 9.37. The van der Waals surface area contributed by atoms with Crippen molar-refractivity contribution in [2.45, 2.75) is 26.2 Å². The average Bonchev–Trinajstić information content (AvgIpc) is 2.25. The van der Waals surface area contributed by atoms with Gasteiger partial charge in [-0.25, -0.2) is 0 Å². The summed E-state index contributed by atoms with van der Waals surface area (Å²) in [5.74, 6) is 0.837. The van der Waals surface area contributed by atoms with Gasteiger partial charge in [0.2, 0.25) is 0 Å². The van der Waals surface area contributed by atoms with Gasteiger partial charge in [0.1, 0.15) is 0 Å². The number of hydrogen-bond donors (Lipinski definition) is 0. The molecule has 1 saturated carbocycles. The first-order valence-corrected chi connectivity index (χ1v) is 6.02. The van der Waals surface area contributed by atoms with Gasteiger partial charge in [-0.05, 0) is 48.1 Å². The molecule has 2 heteroatoms. The van der Waals surface area contributed by atoms with Gasteiger partial charge < -0.3 is 0 Å². The molecule has 16 heavy (non-hydrogen) atoms. The molecule has 84 valence electrons. The van der Waals surface area contributed by atoms with E-state index in [4.69, 9.17) is 11.6 Å². The summed E-state index contributed by atoms with van der Waals surface area (Å²) >= 11 is 5.81. The normalized spacial score (nSPS) is 23.8. The number of carbonyl (C=O) groups excluding carboxylic acids is 1. The van der Waals surface area contributed by atoms with E-state index >= 15 is 0 Å².